The topological polar surface area (TPSA) is 96.0 Å². The van der Waals surface area contributed by atoms with Gasteiger partial charge in [0.25, 0.3) is 11.8 Å². The van der Waals surface area contributed by atoms with Crippen molar-refractivity contribution >= 4 is 23.8 Å². The number of methoxy groups -OCH3 is 1. The van der Waals surface area contributed by atoms with Crippen molar-refractivity contribution in [1.29, 1.82) is 0 Å². The van der Waals surface area contributed by atoms with Crippen molar-refractivity contribution in [3.8, 4) is 0 Å². The van der Waals surface area contributed by atoms with Crippen molar-refractivity contribution in [1.82, 2.24) is 15.1 Å². The third kappa shape index (κ3) is 3.54. The number of nitrogens with zero attached hydrogens (tertiary/aromatic N) is 2. The molecular weight excluding hydrogens is 338 g/mol. The van der Waals surface area contributed by atoms with Gasteiger partial charge in [0.1, 0.15) is 0 Å². The number of rotatable bonds is 4. The van der Waals surface area contributed by atoms with E-state index in [1.165, 1.54) is 7.11 Å². The van der Waals surface area contributed by atoms with Crippen molar-refractivity contribution in [2.24, 2.45) is 0 Å². The van der Waals surface area contributed by atoms with Crippen molar-refractivity contribution in [3.63, 3.8) is 0 Å². The molecule has 0 aromatic heterocycles. The van der Waals surface area contributed by atoms with Gasteiger partial charge in [-0.15, -0.1) is 0 Å². The maximum Gasteiger partial charge on any atom is 0.409 e. The summed E-state index contributed by atoms with van der Waals surface area (Å²) in [5.74, 6) is -0.923. The summed E-state index contributed by atoms with van der Waals surface area (Å²) in [6, 6.07) is 6.63. The average Bonchev–Trinajstić information content (AvgIpc) is 2.91. The van der Waals surface area contributed by atoms with E-state index >= 15 is 0 Å². The zero-order valence-electron chi connectivity index (χ0n) is 14.6. The molecule has 0 saturated carbocycles. The van der Waals surface area contributed by atoms with Crippen LogP contribution in [-0.4, -0.2) is 66.4 Å². The van der Waals surface area contributed by atoms with Crippen LogP contribution < -0.4 is 5.32 Å². The van der Waals surface area contributed by atoms with Crippen LogP contribution in [0.5, 0.6) is 0 Å². The normalized spacial score (nSPS) is 17.3. The molecule has 0 unspecified atom stereocenters. The van der Waals surface area contributed by atoms with E-state index in [1.54, 1.807) is 29.2 Å². The van der Waals surface area contributed by atoms with E-state index in [4.69, 9.17) is 0 Å². The predicted molar refractivity (Wildman–Crippen MR) is 91.6 cm³/mol. The zero-order valence-corrected chi connectivity index (χ0v) is 14.6. The standard InChI is InChI=1S/C18H21N3O5/c1-26-18(25)20-9-6-12(7-10-20)19-15(22)8-11-21-16(23)13-4-2-3-5-14(13)17(21)24/h2-5,12H,6-11H2,1H3,(H,19,22). The molecule has 8 heteroatoms. The molecule has 0 aliphatic carbocycles. The number of hydrogen-bond donors (Lipinski definition) is 1. The number of nitrogens with one attached hydrogen (secondary N) is 1. The summed E-state index contributed by atoms with van der Waals surface area (Å²) in [6.07, 6.45) is 0.991. The lowest BCUT2D eigenvalue weighted by atomic mass is 10.1. The molecule has 2 aliphatic heterocycles. The van der Waals surface area contributed by atoms with Gasteiger partial charge in [-0.2, -0.15) is 0 Å². The smallest absolute Gasteiger partial charge is 0.409 e. The summed E-state index contributed by atoms with van der Waals surface area (Å²) in [4.78, 5) is 50.8. The third-order valence-corrected chi connectivity index (χ3v) is 4.73. The summed E-state index contributed by atoms with van der Waals surface area (Å²) in [6.45, 7) is 1.10. The number of fused-ring (bicyclic) bond motifs is 1. The van der Waals surface area contributed by atoms with Gasteiger partial charge >= 0.3 is 6.09 Å². The number of ether oxygens (including phenoxy) is 1. The third-order valence-electron chi connectivity index (χ3n) is 4.73. The van der Waals surface area contributed by atoms with Gasteiger partial charge < -0.3 is 15.0 Å². The van der Waals surface area contributed by atoms with Crippen LogP contribution in [0.4, 0.5) is 4.79 Å². The fourth-order valence-corrected chi connectivity index (χ4v) is 3.29. The van der Waals surface area contributed by atoms with Gasteiger partial charge in [0.05, 0.1) is 18.2 Å². The molecule has 1 aromatic rings. The van der Waals surface area contributed by atoms with Crippen LogP contribution >= 0.6 is 0 Å². The van der Waals surface area contributed by atoms with Gasteiger partial charge in [0, 0.05) is 32.1 Å². The van der Waals surface area contributed by atoms with E-state index in [1.807, 2.05) is 0 Å². The number of amides is 4. The summed E-state index contributed by atoms with van der Waals surface area (Å²) in [5, 5.41) is 2.90. The van der Waals surface area contributed by atoms with E-state index in [-0.39, 0.29) is 42.8 Å². The van der Waals surface area contributed by atoms with Crippen LogP contribution in [0, 0.1) is 0 Å². The molecule has 1 saturated heterocycles. The Hall–Kier alpha value is -2.90. The molecular formula is C18H21N3O5. The number of likely N-dealkylation sites (tertiary alicyclic amines) is 1. The van der Waals surface area contributed by atoms with Gasteiger partial charge in [-0.05, 0) is 25.0 Å². The Kier molecular flexibility index (Phi) is 5.20. The predicted octanol–water partition coefficient (Wildman–Crippen LogP) is 1.02. The van der Waals surface area contributed by atoms with E-state index in [2.05, 4.69) is 10.1 Å². The molecule has 1 aromatic carbocycles. The number of benzene rings is 1. The lowest BCUT2D eigenvalue weighted by molar-refractivity contribution is -0.122. The average molecular weight is 359 g/mol. The minimum Gasteiger partial charge on any atom is -0.453 e. The molecule has 0 atom stereocenters. The first-order valence-corrected chi connectivity index (χ1v) is 8.58. The fourth-order valence-electron chi connectivity index (χ4n) is 3.29. The monoisotopic (exact) mass is 359 g/mol. The number of carbonyl (C=O) groups excluding carboxylic acids is 4. The molecule has 1 fully saturated rings. The van der Waals surface area contributed by atoms with E-state index in [0.717, 1.165) is 4.90 Å². The van der Waals surface area contributed by atoms with E-state index in [0.29, 0.717) is 37.1 Å². The van der Waals surface area contributed by atoms with Crippen LogP contribution in [0.15, 0.2) is 24.3 Å². The highest BCUT2D eigenvalue weighted by molar-refractivity contribution is 6.21. The highest BCUT2D eigenvalue weighted by Gasteiger charge is 2.35. The lowest BCUT2D eigenvalue weighted by Gasteiger charge is -2.31. The van der Waals surface area contributed by atoms with E-state index in [9.17, 15) is 19.2 Å². The molecule has 4 amide bonds. The Morgan fingerprint density at radius 2 is 1.69 bits per heavy atom. The second kappa shape index (κ2) is 7.55. The Labute approximate surface area is 151 Å². The second-order valence-electron chi connectivity index (χ2n) is 6.36. The first kappa shape index (κ1) is 17.9. The number of piperidine rings is 1. The summed E-state index contributed by atoms with van der Waals surface area (Å²) < 4.78 is 4.68. The molecule has 1 N–H and O–H groups in total. The van der Waals surface area contributed by atoms with Crippen LogP contribution in [-0.2, 0) is 9.53 Å². The van der Waals surface area contributed by atoms with Crippen molar-refractivity contribution in [2.45, 2.75) is 25.3 Å². The number of hydrogen-bond acceptors (Lipinski definition) is 5. The molecule has 0 spiro atoms. The van der Waals surface area contributed by atoms with Gasteiger partial charge in [0.15, 0.2) is 0 Å². The largest absolute Gasteiger partial charge is 0.453 e. The molecule has 138 valence electrons. The molecule has 2 heterocycles. The maximum absolute atomic E-state index is 12.3. The quantitative estimate of drug-likeness (QED) is 0.810. The Bertz CT molecular complexity index is 705. The van der Waals surface area contributed by atoms with Crippen molar-refractivity contribution in [2.75, 3.05) is 26.7 Å². The highest BCUT2D eigenvalue weighted by Crippen LogP contribution is 2.22. The van der Waals surface area contributed by atoms with Crippen molar-refractivity contribution in [3.05, 3.63) is 35.4 Å². The van der Waals surface area contributed by atoms with Crippen LogP contribution in [0.3, 0.4) is 0 Å². The Balaban J connectivity index is 1.46. The number of imide groups is 1. The second-order valence-corrected chi connectivity index (χ2v) is 6.36. The fraction of sp³-hybridized carbons (Fsp3) is 0.444. The SMILES string of the molecule is COC(=O)N1CCC(NC(=O)CCN2C(=O)c3ccccc3C2=O)CC1. The van der Waals surface area contributed by atoms with Gasteiger partial charge in [-0.1, -0.05) is 12.1 Å². The first-order chi connectivity index (χ1) is 12.5. The van der Waals surface area contributed by atoms with Crippen LogP contribution in [0.25, 0.3) is 0 Å². The number of carbonyl (C=O) groups is 4. The molecule has 8 nitrogen and oxygen atoms in total. The van der Waals surface area contributed by atoms with Crippen LogP contribution in [0.1, 0.15) is 40.0 Å². The Morgan fingerprint density at radius 3 is 2.23 bits per heavy atom. The zero-order chi connectivity index (χ0) is 18.7. The van der Waals surface area contributed by atoms with Gasteiger partial charge in [-0.3, -0.25) is 19.3 Å². The highest BCUT2D eigenvalue weighted by atomic mass is 16.5. The molecule has 0 radical (unpaired) electrons. The minimum absolute atomic E-state index is 0.0226. The van der Waals surface area contributed by atoms with Crippen LogP contribution in [0.2, 0.25) is 0 Å². The lowest BCUT2D eigenvalue weighted by Crippen LogP contribution is -2.47. The molecule has 3 rings (SSSR count). The van der Waals surface area contributed by atoms with Gasteiger partial charge in [-0.25, -0.2) is 4.79 Å². The van der Waals surface area contributed by atoms with E-state index < -0.39 is 0 Å². The summed E-state index contributed by atoms with van der Waals surface area (Å²) in [5.41, 5.74) is 0.765. The maximum atomic E-state index is 12.3. The molecule has 26 heavy (non-hydrogen) atoms. The molecule has 2 aliphatic rings. The van der Waals surface area contributed by atoms with Crippen molar-refractivity contribution < 1.29 is 23.9 Å². The molecule has 0 bridgehead atoms. The summed E-state index contributed by atoms with van der Waals surface area (Å²) in [7, 11) is 1.34. The minimum atomic E-state index is -0.361. The first-order valence-electron chi connectivity index (χ1n) is 8.58. The Morgan fingerprint density at radius 1 is 1.12 bits per heavy atom. The van der Waals surface area contributed by atoms with Gasteiger partial charge in [0.2, 0.25) is 5.91 Å². The summed E-state index contributed by atoms with van der Waals surface area (Å²) >= 11 is 0.